The molecule has 140 valence electrons. The fraction of sp³-hybridized carbons (Fsp3) is 1.00. The van der Waals surface area contributed by atoms with E-state index in [-0.39, 0.29) is 5.48 Å². The van der Waals surface area contributed by atoms with Crippen LogP contribution in [0.3, 0.4) is 0 Å². The summed E-state index contributed by atoms with van der Waals surface area (Å²) in [5.74, 6) is 0. The number of ether oxygens (including phenoxy) is 3. The van der Waals surface area contributed by atoms with Gasteiger partial charge in [-0.1, -0.05) is 13.3 Å². The van der Waals surface area contributed by atoms with Gasteiger partial charge in [-0.25, -0.2) is 0 Å². The van der Waals surface area contributed by atoms with Crippen LogP contribution < -0.4 is 0 Å². The molecule has 2 unspecified atom stereocenters. The summed E-state index contributed by atoms with van der Waals surface area (Å²) in [5, 5.41) is 0. The van der Waals surface area contributed by atoms with Crippen molar-refractivity contribution < 1.29 is 33.0 Å². The number of epoxide rings is 2. The molecule has 0 aromatic rings. The van der Waals surface area contributed by atoms with Gasteiger partial charge in [0.25, 0.3) is 0 Å². The van der Waals surface area contributed by atoms with Crippen molar-refractivity contribution in [1.29, 1.82) is 0 Å². The summed E-state index contributed by atoms with van der Waals surface area (Å²) in [6, 6.07) is 0.919. The van der Waals surface area contributed by atoms with E-state index in [9.17, 15) is 0 Å². The molecule has 2 atom stereocenters. The van der Waals surface area contributed by atoms with Gasteiger partial charge in [0, 0.05) is 25.9 Å². The molecule has 0 aromatic heterocycles. The van der Waals surface area contributed by atoms with Crippen LogP contribution in [0.5, 0.6) is 0 Å². The maximum absolute atomic E-state index is 5.65. The number of hydrogen-bond acceptors (Lipinski definition) is 6. The van der Waals surface area contributed by atoms with E-state index in [4.69, 9.17) is 27.5 Å². The Labute approximate surface area is 141 Å². The predicted molar refractivity (Wildman–Crippen MR) is 89.6 cm³/mol. The molecule has 2 heterocycles. The third-order valence-electron chi connectivity index (χ3n) is 3.06. The van der Waals surface area contributed by atoms with Crippen LogP contribution in [0.1, 0.15) is 34.1 Å². The van der Waals surface area contributed by atoms with Crippen molar-refractivity contribution in [3.8, 4) is 0 Å². The predicted octanol–water partition coefficient (Wildman–Crippen LogP) is 1.42. The molecule has 2 aliphatic rings. The molecule has 2 N–H and O–H groups in total. The summed E-state index contributed by atoms with van der Waals surface area (Å²) in [5.41, 5.74) is 0. The second kappa shape index (κ2) is 13.3. The van der Waals surface area contributed by atoms with Gasteiger partial charge in [-0.15, -0.1) is 0 Å². The third kappa shape index (κ3) is 11.2. The van der Waals surface area contributed by atoms with Crippen molar-refractivity contribution in [2.24, 2.45) is 0 Å². The number of rotatable bonds is 12. The van der Waals surface area contributed by atoms with Gasteiger partial charge in [0.1, 0.15) is 12.2 Å². The molecule has 23 heavy (non-hydrogen) atoms. The van der Waals surface area contributed by atoms with E-state index in [0.29, 0.717) is 32.0 Å². The zero-order valence-corrected chi connectivity index (χ0v) is 16.0. The first-order valence-corrected chi connectivity index (χ1v) is 10.4. The Morgan fingerprint density at radius 3 is 1.48 bits per heavy atom. The average Bonchev–Trinajstić information content (AvgIpc) is 3.36. The van der Waals surface area contributed by atoms with Crippen molar-refractivity contribution >= 4 is 8.80 Å². The monoisotopic (exact) mass is 354 g/mol. The van der Waals surface area contributed by atoms with Gasteiger partial charge in [-0.2, -0.15) is 0 Å². The highest BCUT2D eigenvalue weighted by Gasteiger charge is 2.38. The highest BCUT2D eigenvalue weighted by atomic mass is 28.4. The van der Waals surface area contributed by atoms with E-state index in [1.165, 1.54) is 0 Å². The maximum Gasteiger partial charge on any atom is 0.500 e. The summed E-state index contributed by atoms with van der Waals surface area (Å²) in [6.07, 6.45) is 1.83. The summed E-state index contributed by atoms with van der Waals surface area (Å²) in [4.78, 5) is 0. The zero-order chi connectivity index (χ0) is 16.3. The summed E-state index contributed by atoms with van der Waals surface area (Å²) in [6.45, 7) is 13.3. The van der Waals surface area contributed by atoms with Crippen LogP contribution in [-0.2, 0) is 27.5 Å². The zero-order valence-electron chi connectivity index (χ0n) is 15.0. The van der Waals surface area contributed by atoms with Crippen molar-refractivity contribution in [1.82, 2.24) is 0 Å². The lowest BCUT2D eigenvalue weighted by atomic mass is 10.5. The molecule has 7 nitrogen and oxygen atoms in total. The van der Waals surface area contributed by atoms with Gasteiger partial charge in [-0.3, -0.25) is 0 Å². The fourth-order valence-corrected chi connectivity index (χ4v) is 4.58. The molecular formula is C15H34O7Si. The Hall–Kier alpha value is -0.0631. The molecule has 8 heteroatoms. The van der Waals surface area contributed by atoms with E-state index in [1.807, 2.05) is 20.8 Å². The molecule has 2 saturated heterocycles. The van der Waals surface area contributed by atoms with Crippen molar-refractivity contribution in [3.63, 3.8) is 0 Å². The molecule has 0 aliphatic carbocycles. The van der Waals surface area contributed by atoms with Crippen LogP contribution in [0.2, 0.25) is 6.04 Å². The van der Waals surface area contributed by atoms with E-state index in [1.54, 1.807) is 0 Å². The summed E-state index contributed by atoms with van der Waals surface area (Å²) < 4.78 is 32.1. The smallest absolute Gasteiger partial charge is 0.412 e. The van der Waals surface area contributed by atoms with Gasteiger partial charge in [0.15, 0.2) is 0 Å². The Kier molecular flexibility index (Phi) is 13.2. The Bertz CT molecular complexity index is 231. The van der Waals surface area contributed by atoms with E-state index in [0.717, 1.165) is 38.9 Å². The van der Waals surface area contributed by atoms with Crippen LogP contribution in [0.25, 0.3) is 0 Å². The summed E-state index contributed by atoms with van der Waals surface area (Å²) >= 11 is 0. The summed E-state index contributed by atoms with van der Waals surface area (Å²) in [7, 11) is -2.30. The lowest BCUT2D eigenvalue weighted by molar-refractivity contribution is 0.0712. The first-order valence-electron chi connectivity index (χ1n) is 8.42. The molecule has 0 saturated carbocycles. The van der Waals surface area contributed by atoms with E-state index in [2.05, 4.69) is 6.92 Å². The first-order chi connectivity index (χ1) is 10.7. The lowest BCUT2D eigenvalue weighted by Crippen LogP contribution is -2.45. The quantitative estimate of drug-likeness (QED) is 0.389. The Morgan fingerprint density at radius 2 is 1.22 bits per heavy atom. The van der Waals surface area contributed by atoms with Crippen LogP contribution in [0, 0.1) is 0 Å². The second-order valence-corrected chi connectivity index (χ2v) is 7.91. The topological polar surface area (TPSA) is 93.5 Å². The van der Waals surface area contributed by atoms with Crippen LogP contribution in [0.15, 0.2) is 0 Å². The third-order valence-corrected chi connectivity index (χ3v) is 6.36. The largest absolute Gasteiger partial charge is 0.500 e. The molecule has 0 aromatic carbocycles. The Balaban J connectivity index is 0.000000421. The van der Waals surface area contributed by atoms with Gasteiger partial charge < -0.3 is 33.0 Å². The van der Waals surface area contributed by atoms with Gasteiger partial charge in [0.05, 0.1) is 26.4 Å². The molecule has 2 aliphatic heterocycles. The Morgan fingerprint density at radius 1 is 0.826 bits per heavy atom. The molecular weight excluding hydrogens is 320 g/mol. The second-order valence-electron chi connectivity index (χ2n) is 5.18. The highest BCUT2D eigenvalue weighted by Crippen LogP contribution is 2.17. The highest BCUT2D eigenvalue weighted by molar-refractivity contribution is 6.60. The van der Waals surface area contributed by atoms with Crippen LogP contribution in [-0.4, -0.2) is 72.7 Å². The van der Waals surface area contributed by atoms with Crippen molar-refractivity contribution in [3.05, 3.63) is 0 Å². The molecule has 0 radical (unpaired) electrons. The molecule has 0 amide bonds. The van der Waals surface area contributed by atoms with Crippen LogP contribution >= 0.6 is 0 Å². The minimum absolute atomic E-state index is 0. The van der Waals surface area contributed by atoms with Crippen LogP contribution in [0.4, 0.5) is 0 Å². The van der Waals surface area contributed by atoms with Gasteiger partial charge >= 0.3 is 8.80 Å². The SMILES string of the molecule is C(OCC1CO1)C1CO1.CCC[Si](OCC)(OCC)OCC.O. The standard InChI is InChI=1S/C9H22O3Si.C6H10O3.H2O/c1-5-9-13(10-6-2,11-7-3)12-8-4;1(5-3-8-5)7-2-6-4-9-6;/h5-9H2,1-4H3;5-6H,1-4H2;1H2. The molecule has 2 rings (SSSR count). The van der Waals surface area contributed by atoms with E-state index < -0.39 is 8.80 Å². The molecule has 2 fully saturated rings. The maximum atomic E-state index is 5.65. The van der Waals surface area contributed by atoms with Gasteiger partial charge in [-0.05, 0) is 20.8 Å². The average molecular weight is 355 g/mol. The minimum atomic E-state index is -2.30. The molecule has 0 bridgehead atoms. The lowest BCUT2D eigenvalue weighted by Gasteiger charge is -2.27. The minimum Gasteiger partial charge on any atom is -0.412 e. The fourth-order valence-electron chi connectivity index (χ4n) is 1.97. The first kappa shape index (κ1) is 22.9. The van der Waals surface area contributed by atoms with Gasteiger partial charge in [0.2, 0.25) is 0 Å². The van der Waals surface area contributed by atoms with Crippen molar-refractivity contribution in [2.75, 3.05) is 46.2 Å². The normalized spacial score (nSPS) is 21.9. The molecule has 0 spiro atoms. The number of hydrogen-bond donors (Lipinski definition) is 0. The van der Waals surface area contributed by atoms with Crippen molar-refractivity contribution in [2.45, 2.75) is 52.4 Å². The van der Waals surface area contributed by atoms with E-state index >= 15 is 0 Å².